The highest BCUT2D eigenvalue weighted by Gasteiger charge is 2.20. The van der Waals surface area contributed by atoms with Crippen molar-refractivity contribution in [2.45, 2.75) is 31.8 Å². The molecule has 1 N–H and O–H groups in total. The predicted octanol–water partition coefficient (Wildman–Crippen LogP) is 1.84. The zero-order valence-corrected chi connectivity index (χ0v) is 12.5. The zero-order chi connectivity index (χ0) is 15.1. The summed E-state index contributed by atoms with van der Waals surface area (Å²) < 4.78 is 10.7. The minimum atomic E-state index is -0.243. The Kier molecular flexibility index (Phi) is 5.87. The number of methoxy groups -OCH3 is 1. The van der Waals surface area contributed by atoms with Crippen molar-refractivity contribution >= 4 is 5.91 Å². The van der Waals surface area contributed by atoms with Crippen LogP contribution in [0.15, 0.2) is 24.3 Å². The van der Waals surface area contributed by atoms with Gasteiger partial charge < -0.3 is 19.5 Å². The molecule has 116 valence electrons. The third-order valence-corrected chi connectivity index (χ3v) is 3.68. The van der Waals surface area contributed by atoms with Crippen LogP contribution in [0.25, 0.3) is 0 Å². The van der Waals surface area contributed by atoms with Gasteiger partial charge in [0.15, 0.2) is 0 Å². The molecule has 0 aromatic heterocycles. The van der Waals surface area contributed by atoms with Gasteiger partial charge in [0, 0.05) is 19.5 Å². The molecule has 0 aliphatic carbocycles. The van der Waals surface area contributed by atoms with Crippen molar-refractivity contribution in [3.63, 3.8) is 0 Å². The van der Waals surface area contributed by atoms with Crippen LogP contribution in [-0.4, -0.2) is 48.8 Å². The Balaban J connectivity index is 1.63. The van der Waals surface area contributed by atoms with E-state index in [9.17, 15) is 9.90 Å². The Morgan fingerprint density at radius 1 is 1.24 bits per heavy atom. The summed E-state index contributed by atoms with van der Waals surface area (Å²) in [4.78, 5) is 13.8. The number of likely N-dealkylation sites (tertiary alicyclic amines) is 1. The van der Waals surface area contributed by atoms with Crippen LogP contribution in [0.4, 0.5) is 0 Å². The lowest BCUT2D eigenvalue weighted by Gasteiger charge is -2.29. The molecule has 1 aliphatic heterocycles. The van der Waals surface area contributed by atoms with E-state index < -0.39 is 0 Å². The van der Waals surface area contributed by atoms with E-state index in [0.717, 1.165) is 11.5 Å². The molecule has 1 fully saturated rings. The fourth-order valence-corrected chi connectivity index (χ4v) is 2.36. The molecule has 1 aliphatic rings. The van der Waals surface area contributed by atoms with Gasteiger partial charge in [-0.15, -0.1) is 0 Å². The van der Waals surface area contributed by atoms with Gasteiger partial charge in [0.05, 0.1) is 19.8 Å². The quantitative estimate of drug-likeness (QED) is 0.813. The van der Waals surface area contributed by atoms with Gasteiger partial charge in [-0.3, -0.25) is 4.79 Å². The molecule has 1 heterocycles. The van der Waals surface area contributed by atoms with Crippen molar-refractivity contribution < 1.29 is 19.4 Å². The molecule has 0 spiro atoms. The summed E-state index contributed by atoms with van der Waals surface area (Å²) >= 11 is 0. The molecule has 5 heteroatoms. The van der Waals surface area contributed by atoms with Crippen LogP contribution in [-0.2, 0) is 4.79 Å². The molecular formula is C16H23NO4. The normalized spacial score (nSPS) is 15.8. The molecule has 1 saturated heterocycles. The maximum absolute atomic E-state index is 12.0. The van der Waals surface area contributed by atoms with Crippen molar-refractivity contribution in [1.29, 1.82) is 0 Å². The van der Waals surface area contributed by atoms with E-state index in [2.05, 4.69) is 0 Å². The summed E-state index contributed by atoms with van der Waals surface area (Å²) in [5.74, 6) is 1.73. The molecule has 2 rings (SSSR count). The van der Waals surface area contributed by atoms with Crippen LogP contribution in [0.1, 0.15) is 25.7 Å². The highest BCUT2D eigenvalue weighted by atomic mass is 16.5. The molecule has 0 bridgehead atoms. The minimum Gasteiger partial charge on any atom is -0.497 e. The molecular weight excluding hydrogens is 270 g/mol. The molecule has 0 unspecified atom stereocenters. The van der Waals surface area contributed by atoms with Gasteiger partial charge in [-0.05, 0) is 43.5 Å². The Hall–Kier alpha value is -1.75. The van der Waals surface area contributed by atoms with Gasteiger partial charge in [-0.25, -0.2) is 0 Å². The molecule has 0 radical (unpaired) electrons. The van der Waals surface area contributed by atoms with E-state index in [1.807, 2.05) is 29.2 Å². The van der Waals surface area contributed by atoms with Crippen molar-refractivity contribution in [3.05, 3.63) is 24.3 Å². The second-order valence-corrected chi connectivity index (χ2v) is 5.24. The number of hydrogen-bond donors (Lipinski definition) is 1. The lowest BCUT2D eigenvalue weighted by atomic mass is 10.1. The van der Waals surface area contributed by atoms with Crippen LogP contribution < -0.4 is 9.47 Å². The van der Waals surface area contributed by atoms with E-state index in [1.165, 1.54) is 0 Å². The molecule has 1 aromatic rings. The first-order valence-corrected chi connectivity index (χ1v) is 7.41. The van der Waals surface area contributed by atoms with Gasteiger partial charge in [0.1, 0.15) is 11.5 Å². The second kappa shape index (κ2) is 7.88. The number of piperidine rings is 1. The van der Waals surface area contributed by atoms with Crippen molar-refractivity contribution in [2.24, 2.45) is 0 Å². The Labute approximate surface area is 125 Å². The Morgan fingerprint density at radius 2 is 1.86 bits per heavy atom. The van der Waals surface area contributed by atoms with Gasteiger partial charge >= 0.3 is 0 Å². The van der Waals surface area contributed by atoms with Crippen LogP contribution in [0.2, 0.25) is 0 Å². The van der Waals surface area contributed by atoms with Gasteiger partial charge in [-0.2, -0.15) is 0 Å². The summed E-state index contributed by atoms with van der Waals surface area (Å²) in [6.45, 7) is 1.85. The SMILES string of the molecule is COc1ccc(OCCCC(=O)N2CCC(O)CC2)cc1. The smallest absolute Gasteiger partial charge is 0.222 e. The number of carbonyl (C=O) groups excluding carboxylic acids is 1. The number of ether oxygens (including phenoxy) is 2. The second-order valence-electron chi connectivity index (χ2n) is 5.24. The third-order valence-electron chi connectivity index (χ3n) is 3.68. The first-order valence-electron chi connectivity index (χ1n) is 7.41. The van der Waals surface area contributed by atoms with Gasteiger partial charge in [0.25, 0.3) is 0 Å². The minimum absolute atomic E-state index is 0.153. The van der Waals surface area contributed by atoms with E-state index in [1.54, 1.807) is 7.11 Å². The van der Waals surface area contributed by atoms with E-state index in [0.29, 0.717) is 45.4 Å². The number of aliphatic hydroxyl groups is 1. The molecule has 0 saturated carbocycles. The lowest BCUT2D eigenvalue weighted by Crippen LogP contribution is -2.40. The number of rotatable bonds is 6. The number of aliphatic hydroxyl groups excluding tert-OH is 1. The fourth-order valence-electron chi connectivity index (χ4n) is 2.36. The predicted molar refractivity (Wildman–Crippen MR) is 79.5 cm³/mol. The van der Waals surface area contributed by atoms with Crippen LogP contribution >= 0.6 is 0 Å². The first-order chi connectivity index (χ1) is 10.2. The molecule has 5 nitrogen and oxygen atoms in total. The van der Waals surface area contributed by atoms with Gasteiger partial charge in [-0.1, -0.05) is 0 Å². The molecule has 0 atom stereocenters. The Bertz CT molecular complexity index is 438. The van der Waals surface area contributed by atoms with Crippen LogP contribution in [0.5, 0.6) is 11.5 Å². The molecule has 1 aromatic carbocycles. The van der Waals surface area contributed by atoms with E-state index in [-0.39, 0.29) is 12.0 Å². The average molecular weight is 293 g/mol. The highest BCUT2D eigenvalue weighted by Crippen LogP contribution is 2.17. The first kappa shape index (κ1) is 15.6. The average Bonchev–Trinajstić information content (AvgIpc) is 2.52. The number of hydrogen-bond acceptors (Lipinski definition) is 4. The summed E-state index contributed by atoms with van der Waals surface area (Å²) in [6, 6.07) is 7.40. The van der Waals surface area contributed by atoms with E-state index in [4.69, 9.17) is 9.47 Å². The van der Waals surface area contributed by atoms with Crippen LogP contribution in [0, 0.1) is 0 Å². The van der Waals surface area contributed by atoms with E-state index >= 15 is 0 Å². The van der Waals surface area contributed by atoms with Gasteiger partial charge in [0.2, 0.25) is 5.91 Å². The maximum Gasteiger partial charge on any atom is 0.222 e. The monoisotopic (exact) mass is 293 g/mol. The third kappa shape index (κ3) is 4.93. The summed E-state index contributed by atoms with van der Waals surface area (Å²) in [6.07, 6.45) is 2.32. The summed E-state index contributed by atoms with van der Waals surface area (Å²) in [5, 5.41) is 9.42. The number of nitrogens with zero attached hydrogens (tertiary/aromatic N) is 1. The number of carbonyl (C=O) groups is 1. The van der Waals surface area contributed by atoms with Crippen molar-refractivity contribution in [3.8, 4) is 11.5 Å². The Morgan fingerprint density at radius 3 is 2.48 bits per heavy atom. The lowest BCUT2D eigenvalue weighted by molar-refractivity contribution is -0.133. The highest BCUT2D eigenvalue weighted by molar-refractivity contribution is 5.76. The van der Waals surface area contributed by atoms with Crippen LogP contribution in [0.3, 0.4) is 0 Å². The zero-order valence-electron chi connectivity index (χ0n) is 12.5. The summed E-state index contributed by atoms with van der Waals surface area (Å²) in [7, 11) is 1.63. The topological polar surface area (TPSA) is 59.0 Å². The largest absolute Gasteiger partial charge is 0.497 e. The van der Waals surface area contributed by atoms with Crippen molar-refractivity contribution in [1.82, 2.24) is 4.90 Å². The molecule has 21 heavy (non-hydrogen) atoms. The standard InChI is InChI=1S/C16H23NO4/c1-20-14-4-6-15(7-5-14)21-12-2-3-16(19)17-10-8-13(18)9-11-17/h4-7,13,18H,2-3,8-12H2,1H3. The number of amides is 1. The van der Waals surface area contributed by atoms with Crippen molar-refractivity contribution in [2.75, 3.05) is 26.8 Å². The fraction of sp³-hybridized carbons (Fsp3) is 0.562. The number of benzene rings is 1. The maximum atomic E-state index is 12.0. The summed E-state index contributed by atoms with van der Waals surface area (Å²) in [5.41, 5.74) is 0. The molecule has 1 amide bonds.